The maximum absolute atomic E-state index is 11.4. The van der Waals surface area contributed by atoms with Gasteiger partial charge in [0.1, 0.15) is 11.5 Å². The predicted molar refractivity (Wildman–Crippen MR) is 58.9 cm³/mol. The minimum atomic E-state index is 0.290. The molecule has 0 radical (unpaired) electrons. The van der Waals surface area contributed by atoms with Gasteiger partial charge in [0.05, 0.1) is 0 Å². The Kier molecular flexibility index (Phi) is 2.76. The van der Waals surface area contributed by atoms with Gasteiger partial charge in [0.25, 0.3) is 0 Å². The molecule has 0 amide bonds. The van der Waals surface area contributed by atoms with E-state index in [4.69, 9.17) is 0 Å². The summed E-state index contributed by atoms with van der Waals surface area (Å²) in [6, 6.07) is 7.29. The second kappa shape index (κ2) is 4.05. The van der Waals surface area contributed by atoms with Crippen molar-refractivity contribution in [1.29, 1.82) is 0 Å². The van der Waals surface area contributed by atoms with Crippen molar-refractivity contribution < 1.29 is 9.90 Å². The quantitative estimate of drug-likeness (QED) is 0.763. The molecule has 1 aromatic carbocycles. The fourth-order valence-corrected chi connectivity index (χ4v) is 2.34. The van der Waals surface area contributed by atoms with Gasteiger partial charge in [0.2, 0.25) is 0 Å². The van der Waals surface area contributed by atoms with Crippen LogP contribution in [0.2, 0.25) is 0 Å². The lowest BCUT2D eigenvalue weighted by molar-refractivity contribution is -0.121. The molecule has 1 fully saturated rings. The molecule has 0 heterocycles. The van der Waals surface area contributed by atoms with Crippen molar-refractivity contribution in [2.75, 3.05) is 0 Å². The Hall–Kier alpha value is -1.31. The van der Waals surface area contributed by atoms with Crippen LogP contribution in [0.5, 0.6) is 5.75 Å². The highest BCUT2D eigenvalue weighted by atomic mass is 16.3. The summed E-state index contributed by atoms with van der Waals surface area (Å²) in [4.78, 5) is 11.4. The standard InChI is InChI=1S/C13H16O2/c1-9-5-6-12(15)8-13(9)10-3-2-4-11(14)7-10/h2-4,7,9,13-14H,5-6,8H2,1H3. The summed E-state index contributed by atoms with van der Waals surface area (Å²) in [6.45, 7) is 2.18. The lowest BCUT2D eigenvalue weighted by Crippen LogP contribution is -2.21. The van der Waals surface area contributed by atoms with E-state index in [1.165, 1.54) is 0 Å². The Bertz CT molecular complexity index is 371. The number of ketones is 1. The molecular weight excluding hydrogens is 188 g/mol. The fourth-order valence-electron chi connectivity index (χ4n) is 2.34. The van der Waals surface area contributed by atoms with Crippen LogP contribution in [-0.4, -0.2) is 10.9 Å². The third kappa shape index (κ3) is 2.20. The van der Waals surface area contributed by atoms with Gasteiger partial charge in [-0.05, 0) is 36.0 Å². The van der Waals surface area contributed by atoms with E-state index in [1.54, 1.807) is 12.1 Å². The van der Waals surface area contributed by atoms with Crippen LogP contribution >= 0.6 is 0 Å². The highest BCUT2D eigenvalue weighted by Crippen LogP contribution is 2.36. The average molecular weight is 204 g/mol. The Labute approximate surface area is 89.9 Å². The van der Waals surface area contributed by atoms with Crippen molar-refractivity contribution in [2.24, 2.45) is 5.92 Å². The lowest BCUT2D eigenvalue weighted by Gasteiger charge is -2.28. The number of carbonyl (C=O) groups is 1. The van der Waals surface area contributed by atoms with Gasteiger partial charge in [-0.1, -0.05) is 19.1 Å². The van der Waals surface area contributed by atoms with Crippen molar-refractivity contribution in [2.45, 2.75) is 32.1 Å². The van der Waals surface area contributed by atoms with Crippen LogP contribution < -0.4 is 0 Å². The monoisotopic (exact) mass is 204 g/mol. The largest absolute Gasteiger partial charge is 0.508 e. The first-order valence-corrected chi connectivity index (χ1v) is 5.47. The molecule has 0 bridgehead atoms. The number of phenols is 1. The van der Waals surface area contributed by atoms with E-state index in [0.29, 0.717) is 24.0 Å². The molecule has 1 aromatic rings. The van der Waals surface area contributed by atoms with Crippen molar-refractivity contribution in [3.63, 3.8) is 0 Å². The third-order valence-electron chi connectivity index (χ3n) is 3.31. The van der Waals surface area contributed by atoms with Crippen LogP contribution in [0.3, 0.4) is 0 Å². The SMILES string of the molecule is CC1CCC(=O)CC1c1cccc(O)c1. The van der Waals surface area contributed by atoms with E-state index in [2.05, 4.69) is 6.92 Å². The Morgan fingerprint density at radius 2 is 2.20 bits per heavy atom. The number of hydrogen-bond donors (Lipinski definition) is 1. The molecule has 0 spiro atoms. The van der Waals surface area contributed by atoms with Crippen molar-refractivity contribution in [3.8, 4) is 5.75 Å². The normalized spacial score (nSPS) is 26.6. The number of rotatable bonds is 1. The average Bonchev–Trinajstić information content (AvgIpc) is 2.22. The third-order valence-corrected chi connectivity index (χ3v) is 3.31. The van der Waals surface area contributed by atoms with Gasteiger partial charge in [-0.25, -0.2) is 0 Å². The summed E-state index contributed by atoms with van der Waals surface area (Å²) in [5, 5.41) is 9.41. The summed E-state index contributed by atoms with van der Waals surface area (Å²) in [5.41, 5.74) is 1.09. The number of aromatic hydroxyl groups is 1. The number of phenolic OH excluding ortho intramolecular Hbond substituents is 1. The fraction of sp³-hybridized carbons (Fsp3) is 0.462. The van der Waals surface area contributed by atoms with Crippen LogP contribution in [-0.2, 0) is 4.79 Å². The van der Waals surface area contributed by atoms with Gasteiger partial charge in [-0.15, -0.1) is 0 Å². The second-order valence-corrected chi connectivity index (χ2v) is 4.46. The molecule has 1 aliphatic carbocycles. The topological polar surface area (TPSA) is 37.3 Å². The van der Waals surface area contributed by atoms with Crippen LogP contribution in [0.4, 0.5) is 0 Å². The van der Waals surface area contributed by atoms with Gasteiger partial charge >= 0.3 is 0 Å². The zero-order chi connectivity index (χ0) is 10.8. The van der Waals surface area contributed by atoms with E-state index in [0.717, 1.165) is 18.4 Å². The van der Waals surface area contributed by atoms with Gasteiger partial charge in [0, 0.05) is 12.8 Å². The second-order valence-electron chi connectivity index (χ2n) is 4.46. The number of hydrogen-bond acceptors (Lipinski definition) is 2. The summed E-state index contributed by atoms with van der Waals surface area (Å²) in [6.07, 6.45) is 2.32. The first-order valence-electron chi connectivity index (χ1n) is 5.47. The van der Waals surface area contributed by atoms with Gasteiger partial charge in [-0.3, -0.25) is 4.79 Å². The zero-order valence-corrected chi connectivity index (χ0v) is 8.94. The number of Topliss-reactive ketones (excluding diaryl/α,β-unsaturated/α-hetero) is 1. The predicted octanol–water partition coefficient (Wildman–Crippen LogP) is 2.86. The molecule has 2 rings (SSSR count). The first-order chi connectivity index (χ1) is 7.16. The molecule has 1 N–H and O–H groups in total. The minimum Gasteiger partial charge on any atom is -0.508 e. The van der Waals surface area contributed by atoms with Crippen LogP contribution in [0, 0.1) is 5.92 Å². The number of carbonyl (C=O) groups excluding carboxylic acids is 1. The molecule has 2 atom stereocenters. The maximum atomic E-state index is 11.4. The van der Waals surface area contributed by atoms with Crippen molar-refractivity contribution in [3.05, 3.63) is 29.8 Å². The molecule has 15 heavy (non-hydrogen) atoms. The maximum Gasteiger partial charge on any atom is 0.133 e. The Morgan fingerprint density at radius 3 is 2.93 bits per heavy atom. The molecule has 0 aromatic heterocycles. The van der Waals surface area contributed by atoms with Gasteiger partial charge in [0.15, 0.2) is 0 Å². The molecule has 2 nitrogen and oxygen atoms in total. The van der Waals surface area contributed by atoms with E-state index in [-0.39, 0.29) is 5.75 Å². The highest BCUT2D eigenvalue weighted by molar-refractivity contribution is 5.80. The minimum absolute atomic E-state index is 0.290. The highest BCUT2D eigenvalue weighted by Gasteiger charge is 2.27. The molecule has 2 unspecified atom stereocenters. The van der Waals surface area contributed by atoms with Gasteiger partial charge < -0.3 is 5.11 Å². The summed E-state index contributed by atoms with van der Waals surface area (Å²) < 4.78 is 0. The van der Waals surface area contributed by atoms with Gasteiger partial charge in [-0.2, -0.15) is 0 Å². The van der Waals surface area contributed by atoms with Crippen molar-refractivity contribution in [1.82, 2.24) is 0 Å². The lowest BCUT2D eigenvalue weighted by atomic mass is 9.76. The van der Waals surface area contributed by atoms with E-state index in [1.807, 2.05) is 12.1 Å². The smallest absolute Gasteiger partial charge is 0.133 e. The summed E-state index contributed by atoms with van der Waals surface area (Å²) in [7, 11) is 0. The van der Waals surface area contributed by atoms with Crippen LogP contribution in [0.1, 0.15) is 37.7 Å². The Morgan fingerprint density at radius 1 is 1.40 bits per heavy atom. The summed E-state index contributed by atoms with van der Waals surface area (Å²) in [5.74, 6) is 1.46. The zero-order valence-electron chi connectivity index (χ0n) is 8.94. The molecule has 0 aliphatic heterocycles. The number of benzene rings is 1. The molecule has 1 aliphatic rings. The first kappa shape index (κ1) is 10.2. The molecule has 80 valence electrons. The van der Waals surface area contributed by atoms with E-state index in [9.17, 15) is 9.90 Å². The Balaban J connectivity index is 2.24. The van der Waals surface area contributed by atoms with Crippen LogP contribution in [0.15, 0.2) is 24.3 Å². The molecular formula is C13H16O2. The van der Waals surface area contributed by atoms with Crippen LogP contribution in [0.25, 0.3) is 0 Å². The molecule has 0 saturated heterocycles. The molecule has 1 saturated carbocycles. The van der Waals surface area contributed by atoms with Crippen molar-refractivity contribution >= 4 is 5.78 Å². The summed E-state index contributed by atoms with van der Waals surface area (Å²) >= 11 is 0. The van der Waals surface area contributed by atoms with E-state index >= 15 is 0 Å². The van der Waals surface area contributed by atoms with E-state index < -0.39 is 0 Å². The molecule has 2 heteroatoms.